The van der Waals surface area contributed by atoms with Crippen LogP contribution in [0.15, 0.2) is 61.2 Å². The molecular weight excluding hydrogens is 356 g/mol. The lowest BCUT2D eigenvalue weighted by Crippen LogP contribution is -2.25. The fraction of sp³-hybridized carbons (Fsp3) is 0.150. The maximum absolute atomic E-state index is 12.1. The highest BCUT2D eigenvalue weighted by Gasteiger charge is 2.09. The number of hydrogen-bond acceptors (Lipinski definition) is 6. The number of methoxy groups -OCH3 is 1. The molecule has 0 aliphatic carbocycles. The standard InChI is InChI=1S/C20H18N6O2/c1-28-16-4-2-14(3-5-16)17-12-19-24-18(25-26(19)13-23-17)8-11-22-20(27)15-6-9-21-10-7-15/h2-7,9-10,12-13H,8,11H2,1H3,(H,22,27). The number of nitrogens with one attached hydrogen (secondary N) is 1. The molecule has 4 rings (SSSR count). The first-order valence-electron chi connectivity index (χ1n) is 8.77. The summed E-state index contributed by atoms with van der Waals surface area (Å²) in [6.45, 7) is 0.441. The Bertz CT molecular complexity index is 1090. The topological polar surface area (TPSA) is 94.3 Å². The van der Waals surface area contributed by atoms with Crippen molar-refractivity contribution in [2.45, 2.75) is 6.42 Å². The van der Waals surface area contributed by atoms with Gasteiger partial charge in [0.2, 0.25) is 0 Å². The van der Waals surface area contributed by atoms with Gasteiger partial charge in [0, 0.05) is 42.6 Å². The monoisotopic (exact) mass is 374 g/mol. The minimum absolute atomic E-state index is 0.144. The van der Waals surface area contributed by atoms with Crippen LogP contribution in [-0.4, -0.2) is 44.1 Å². The highest BCUT2D eigenvalue weighted by Crippen LogP contribution is 2.21. The predicted octanol–water partition coefficient (Wildman–Crippen LogP) is 2.17. The summed E-state index contributed by atoms with van der Waals surface area (Å²) >= 11 is 0. The number of carbonyl (C=O) groups is 1. The number of carbonyl (C=O) groups excluding carboxylic acids is 1. The molecule has 3 aromatic heterocycles. The average molecular weight is 374 g/mol. The van der Waals surface area contributed by atoms with Gasteiger partial charge in [-0.3, -0.25) is 9.78 Å². The number of rotatable bonds is 6. The zero-order valence-electron chi connectivity index (χ0n) is 15.2. The fourth-order valence-electron chi connectivity index (χ4n) is 2.76. The normalized spacial score (nSPS) is 10.8. The van der Waals surface area contributed by atoms with Crippen molar-refractivity contribution in [3.8, 4) is 17.0 Å². The van der Waals surface area contributed by atoms with E-state index >= 15 is 0 Å². The molecule has 8 nitrogen and oxygen atoms in total. The van der Waals surface area contributed by atoms with Crippen molar-refractivity contribution >= 4 is 11.6 Å². The second kappa shape index (κ2) is 7.83. The van der Waals surface area contributed by atoms with Crippen molar-refractivity contribution in [3.05, 3.63) is 72.6 Å². The van der Waals surface area contributed by atoms with Gasteiger partial charge in [0.1, 0.15) is 12.1 Å². The van der Waals surface area contributed by atoms with E-state index in [-0.39, 0.29) is 5.91 Å². The Morgan fingerprint density at radius 3 is 2.68 bits per heavy atom. The molecule has 3 heterocycles. The third-order valence-electron chi connectivity index (χ3n) is 4.24. The van der Waals surface area contributed by atoms with Gasteiger partial charge in [0.15, 0.2) is 11.5 Å². The Balaban J connectivity index is 1.43. The maximum Gasteiger partial charge on any atom is 0.251 e. The second-order valence-corrected chi connectivity index (χ2v) is 6.08. The number of amides is 1. The quantitative estimate of drug-likeness (QED) is 0.556. The molecule has 0 spiro atoms. The van der Waals surface area contributed by atoms with Crippen molar-refractivity contribution in [2.24, 2.45) is 0 Å². The van der Waals surface area contributed by atoms with Gasteiger partial charge in [-0.25, -0.2) is 14.5 Å². The van der Waals surface area contributed by atoms with Gasteiger partial charge in [-0.05, 0) is 36.4 Å². The van der Waals surface area contributed by atoms with E-state index in [0.717, 1.165) is 17.0 Å². The Hall–Kier alpha value is -3.81. The van der Waals surface area contributed by atoms with Crippen LogP contribution in [0.3, 0.4) is 0 Å². The summed E-state index contributed by atoms with van der Waals surface area (Å²) in [6, 6.07) is 12.9. The summed E-state index contributed by atoms with van der Waals surface area (Å²) in [4.78, 5) is 24.9. The van der Waals surface area contributed by atoms with Crippen LogP contribution in [0, 0.1) is 0 Å². The zero-order chi connectivity index (χ0) is 19.3. The zero-order valence-corrected chi connectivity index (χ0v) is 15.2. The van der Waals surface area contributed by atoms with Gasteiger partial charge in [0.25, 0.3) is 5.91 Å². The molecule has 140 valence electrons. The molecule has 0 saturated carbocycles. The van der Waals surface area contributed by atoms with Crippen LogP contribution in [0.1, 0.15) is 16.2 Å². The molecule has 0 bridgehead atoms. The van der Waals surface area contributed by atoms with Crippen molar-refractivity contribution in [1.29, 1.82) is 0 Å². The summed E-state index contributed by atoms with van der Waals surface area (Å²) < 4.78 is 6.81. The first kappa shape index (κ1) is 17.6. The van der Waals surface area contributed by atoms with Crippen LogP contribution >= 0.6 is 0 Å². The molecule has 0 fully saturated rings. The van der Waals surface area contributed by atoms with Crippen molar-refractivity contribution < 1.29 is 9.53 Å². The summed E-state index contributed by atoms with van der Waals surface area (Å²) in [5, 5.41) is 7.26. The summed E-state index contributed by atoms with van der Waals surface area (Å²) in [7, 11) is 1.64. The van der Waals surface area contributed by atoms with Gasteiger partial charge < -0.3 is 10.1 Å². The molecule has 0 unspecified atom stereocenters. The van der Waals surface area contributed by atoms with E-state index in [1.807, 2.05) is 30.3 Å². The van der Waals surface area contributed by atoms with Crippen LogP contribution in [0.5, 0.6) is 5.75 Å². The Labute approximate surface area is 161 Å². The van der Waals surface area contributed by atoms with Gasteiger partial charge in [-0.2, -0.15) is 0 Å². The number of pyridine rings is 1. The molecule has 1 amide bonds. The lowest BCUT2D eigenvalue weighted by Gasteiger charge is -2.02. The van der Waals surface area contributed by atoms with E-state index in [9.17, 15) is 4.79 Å². The lowest BCUT2D eigenvalue weighted by molar-refractivity contribution is 0.0954. The van der Waals surface area contributed by atoms with E-state index in [0.29, 0.717) is 30.0 Å². The van der Waals surface area contributed by atoms with E-state index in [4.69, 9.17) is 4.74 Å². The SMILES string of the molecule is COc1ccc(-c2cc3nc(CCNC(=O)c4ccncc4)nn3cn2)cc1. The van der Waals surface area contributed by atoms with Crippen molar-refractivity contribution in [2.75, 3.05) is 13.7 Å². The summed E-state index contributed by atoms with van der Waals surface area (Å²) in [5.41, 5.74) is 3.06. The number of nitrogens with zero attached hydrogens (tertiary/aromatic N) is 5. The first-order valence-corrected chi connectivity index (χ1v) is 8.77. The number of ether oxygens (including phenoxy) is 1. The van der Waals surface area contributed by atoms with Crippen LogP contribution in [-0.2, 0) is 6.42 Å². The van der Waals surface area contributed by atoms with Gasteiger partial charge in [-0.1, -0.05) is 0 Å². The molecule has 1 aromatic carbocycles. The molecule has 4 aromatic rings. The summed E-state index contributed by atoms with van der Waals surface area (Å²) in [6.07, 6.45) is 5.34. The van der Waals surface area contributed by atoms with Crippen molar-refractivity contribution in [1.82, 2.24) is 29.9 Å². The maximum atomic E-state index is 12.1. The second-order valence-electron chi connectivity index (χ2n) is 6.08. The smallest absolute Gasteiger partial charge is 0.251 e. The van der Waals surface area contributed by atoms with Crippen LogP contribution in [0.25, 0.3) is 16.9 Å². The van der Waals surface area contributed by atoms with Gasteiger partial charge in [0.05, 0.1) is 12.8 Å². The molecule has 8 heteroatoms. The van der Waals surface area contributed by atoms with E-state index < -0.39 is 0 Å². The number of hydrogen-bond donors (Lipinski definition) is 1. The highest BCUT2D eigenvalue weighted by molar-refractivity contribution is 5.93. The molecule has 0 radical (unpaired) electrons. The van der Waals surface area contributed by atoms with Crippen LogP contribution in [0.2, 0.25) is 0 Å². The minimum Gasteiger partial charge on any atom is -0.497 e. The highest BCUT2D eigenvalue weighted by atomic mass is 16.5. The molecule has 28 heavy (non-hydrogen) atoms. The molecule has 0 aliphatic rings. The number of fused-ring (bicyclic) bond motifs is 1. The molecule has 0 aliphatic heterocycles. The third kappa shape index (κ3) is 3.80. The third-order valence-corrected chi connectivity index (χ3v) is 4.24. The minimum atomic E-state index is -0.144. The molecule has 0 atom stereocenters. The number of benzene rings is 1. The van der Waals surface area contributed by atoms with Crippen molar-refractivity contribution in [3.63, 3.8) is 0 Å². The summed E-state index contributed by atoms with van der Waals surface area (Å²) in [5.74, 6) is 1.29. The Morgan fingerprint density at radius 2 is 1.93 bits per heavy atom. The van der Waals surface area contributed by atoms with E-state index in [1.54, 1.807) is 42.5 Å². The van der Waals surface area contributed by atoms with Gasteiger partial charge in [-0.15, -0.1) is 5.10 Å². The average Bonchev–Trinajstić information content (AvgIpc) is 3.16. The first-order chi connectivity index (χ1) is 13.7. The van der Waals surface area contributed by atoms with E-state index in [2.05, 4.69) is 25.4 Å². The predicted molar refractivity (Wildman–Crippen MR) is 103 cm³/mol. The molecule has 0 saturated heterocycles. The number of aromatic nitrogens is 5. The lowest BCUT2D eigenvalue weighted by atomic mass is 10.1. The molecule has 1 N–H and O–H groups in total. The van der Waals surface area contributed by atoms with Gasteiger partial charge >= 0.3 is 0 Å². The Morgan fingerprint density at radius 1 is 1.14 bits per heavy atom. The van der Waals surface area contributed by atoms with Crippen LogP contribution in [0.4, 0.5) is 0 Å². The van der Waals surface area contributed by atoms with E-state index in [1.165, 1.54) is 0 Å². The molecular formula is C20H18N6O2. The van der Waals surface area contributed by atoms with Crippen LogP contribution < -0.4 is 10.1 Å². The Kier molecular flexibility index (Phi) is 4.92. The largest absolute Gasteiger partial charge is 0.497 e. The fourth-order valence-corrected chi connectivity index (χ4v) is 2.76.